The Labute approximate surface area is 192 Å². The lowest BCUT2D eigenvalue weighted by Crippen LogP contribution is -2.46. The van der Waals surface area contributed by atoms with E-state index in [2.05, 4.69) is 40.7 Å². The molecule has 12 nitrogen and oxygen atoms in total. The number of hydrogen-bond acceptors (Lipinski definition) is 8. The van der Waals surface area contributed by atoms with E-state index in [0.717, 1.165) is 43.3 Å². The van der Waals surface area contributed by atoms with Crippen LogP contribution in [0.1, 0.15) is 28.8 Å². The van der Waals surface area contributed by atoms with Gasteiger partial charge in [0.15, 0.2) is 0 Å². The Morgan fingerprint density at radius 1 is 1.18 bits per heavy atom. The molecule has 0 atom stereocenters. The highest BCUT2D eigenvalue weighted by molar-refractivity contribution is 5.92. The van der Waals surface area contributed by atoms with Gasteiger partial charge in [-0.15, -0.1) is 0 Å². The topological polar surface area (TPSA) is 153 Å². The van der Waals surface area contributed by atoms with Gasteiger partial charge in [-0.3, -0.25) is 19.8 Å². The van der Waals surface area contributed by atoms with Crippen molar-refractivity contribution >= 4 is 29.9 Å². The number of hydrogen-bond donors (Lipinski definition) is 4. The van der Waals surface area contributed by atoms with Crippen molar-refractivity contribution in [2.24, 2.45) is 0 Å². The van der Waals surface area contributed by atoms with Crippen LogP contribution in [0.15, 0.2) is 24.5 Å². The van der Waals surface area contributed by atoms with Crippen molar-refractivity contribution in [2.45, 2.75) is 20.4 Å². The first-order chi connectivity index (χ1) is 15.9. The van der Waals surface area contributed by atoms with Crippen molar-refractivity contribution in [1.82, 2.24) is 30.5 Å². The van der Waals surface area contributed by atoms with E-state index in [1.807, 2.05) is 19.9 Å². The molecule has 12 heteroatoms. The average molecular weight is 459 g/mol. The number of carbonyl (C=O) groups excluding carboxylic acids is 2. The second-order valence-corrected chi connectivity index (χ2v) is 7.13. The molecule has 0 bridgehead atoms. The predicted octanol–water partition coefficient (Wildman–Crippen LogP) is 0.704. The van der Waals surface area contributed by atoms with Gasteiger partial charge < -0.3 is 20.6 Å². The average Bonchev–Trinajstić information content (AvgIpc) is 2.80. The molecule has 1 saturated heterocycles. The van der Waals surface area contributed by atoms with Crippen molar-refractivity contribution in [3.63, 3.8) is 0 Å². The zero-order chi connectivity index (χ0) is 24.2. The number of pyridine rings is 1. The Balaban J connectivity index is 0.00000122. The highest BCUT2D eigenvalue weighted by Gasteiger charge is 2.20. The number of anilines is 2. The maximum Gasteiger partial charge on any atom is 0.320 e. The third-order valence-corrected chi connectivity index (χ3v) is 4.92. The van der Waals surface area contributed by atoms with E-state index < -0.39 is 0 Å². The van der Waals surface area contributed by atoms with Crippen LogP contribution in [0.4, 0.5) is 16.3 Å². The normalized spacial score (nSPS) is 13.4. The van der Waals surface area contributed by atoms with E-state index in [0.29, 0.717) is 24.6 Å². The molecule has 3 heterocycles. The summed E-state index contributed by atoms with van der Waals surface area (Å²) >= 11 is 0. The largest absolute Gasteiger partial charge is 0.483 e. The van der Waals surface area contributed by atoms with Crippen molar-refractivity contribution in [2.75, 3.05) is 50.0 Å². The number of aryl methyl sites for hydroxylation is 1. The molecule has 3 rings (SSSR count). The molecule has 0 radical (unpaired) electrons. The first-order valence-corrected chi connectivity index (χ1v) is 10.5. The second-order valence-electron chi connectivity index (χ2n) is 7.13. The van der Waals surface area contributed by atoms with Gasteiger partial charge in [-0.05, 0) is 26.0 Å². The van der Waals surface area contributed by atoms with Crippen LogP contribution in [0.5, 0.6) is 0 Å². The number of urea groups is 1. The number of nitrogens with zero attached hydrogens (tertiary/aromatic N) is 5. The van der Waals surface area contributed by atoms with Gasteiger partial charge in [0, 0.05) is 52.4 Å². The Kier molecular flexibility index (Phi) is 9.96. The molecule has 1 aliphatic heterocycles. The number of nitrogens with one attached hydrogen (secondary N) is 3. The van der Waals surface area contributed by atoms with Gasteiger partial charge in [0.1, 0.15) is 17.8 Å². The monoisotopic (exact) mass is 458 g/mol. The molecular formula is C21H30N8O4. The number of aromatic nitrogens is 3. The Bertz CT molecular complexity index is 948. The molecule has 0 aliphatic carbocycles. The molecule has 0 unspecified atom stereocenters. The first kappa shape index (κ1) is 25.5. The molecule has 2 aromatic heterocycles. The van der Waals surface area contributed by atoms with Crippen LogP contribution in [0.25, 0.3) is 0 Å². The lowest BCUT2D eigenvalue weighted by molar-refractivity contribution is -0.122. The lowest BCUT2D eigenvalue weighted by Gasteiger charge is -2.36. The van der Waals surface area contributed by atoms with E-state index in [4.69, 9.17) is 9.90 Å². The second kappa shape index (κ2) is 12.9. The fraction of sp³-hybridized carbons (Fsp3) is 0.429. The summed E-state index contributed by atoms with van der Waals surface area (Å²) in [5, 5.41) is 14.9. The fourth-order valence-corrected chi connectivity index (χ4v) is 3.39. The molecular weight excluding hydrogens is 428 g/mol. The number of rotatable bonds is 6. The molecule has 0 aromatic carbocycles. The molecule has 33 heavy (non-hydrogen) atoms. The van der Waals surface area contributed by atoms with Gasteiger partial charge in [-0.25, -0.2) is 19.7 Å². The van der Waals surface area contributed by atoms with Crippen LogP contribution in [-0.4, -0.2) is 83.1 Å². The summed E-state index contributed by atoms with van der Waals surface area (Å²) in [5.74, 6) is 0.308. The summed E-state index contributed by atoms with van der Waals surface area (Å²) in [6.45, 7) is 8.24. The summed E-state index contributed by atoms with van der Waals surface area (Å²) < 4.78 is 0. The zero-order valence-corrected chi connectivity index (χ0v) is 19.0. The van der Waals surface area contributed by atoms with E-state index in [-0.39, 0.29) is 18.4 Å². The van der Waals surface area contributed by atoms with Crippen LogP contribution >= 0.6 is 0 Å². The summed E-state index contributed by atoms with van der Waals surface area (Å²) in [7, 11) is 1.60. The van der Waals surface area contributed by atoms with E-state index in [1.54, 1.807) is 19.2 Å². The summed E-state index contributed by atoms with van der Waals surface area (Å²) in [6, 6.07) is 5.25. The maximum atomic E-state index is 11.8. The van der Waals surface area contributed by atoms with E-state index in [9.17, 15) is 9.59 Å². The van der Waals surface area contributed by atoms with Crippen LogP contribution in [0.3, 0.4) is 0 Å². The van der Waals surface area contributed by atoms with Crippen molar-refractivity contribution in [3.05, 3.63) is 41.6 Å². The molecule has 0 spiro atoms. The van der Waals surface area contributed by atoms with Crippen molar-refractivity contribution < 1.29 is 19.5 Å². The third kappa shape index (κ3) is 7.68. The van der Waals surface area contributed by atoms with Crippen molar-refractivity contribution in [1.29, 1.82) is 0 Å². The van der Waals surface area contributed by atoms with Gasteiger partial charge in [-0.1, -0.05) is 0 Å². The molecule has 178 valence electrons. The van der Waals surface area contributed by atoms with Crippen LogP contribution in [0, 0.1) is 6.92 Å². The summed E-state index contributed by atoms with van der Waals surface area (Å²) in [6.07, 6.45) is 1.47. The minimum absolute atomic E-state index is 0.180. The van der Waals surface area contributed by atoms with E-state index in [1.165, 1.54) is 6.33 Å². The first-order valence-electron chi connectivity index (χ1n) is 10.5. The number of carboxylic acid groups (broad SMARTS) is 1. The highest BCUT2D eigenvalue weighted by atomic mass is 16.3. The molecule has 0 saturated carbocycles. The molecule has 2 aromatic rings. The lowest BCUT2D eigenvalue weighted by atomic mass is 10.2. The van der Waals surface area contributed by atoms with Crippen molar-refractivity contribution in [3.8, 4) is 0 Å². The Morgan fingerprint density at radius 3 is 2.48 bits per heavy atom. The Hall–Kier alpha value is -3.80. The van der Waals surface area contributed by atoms with Gasteiger partial charge >= 0.3 is 6.03 Å². The number of carbonyl (C=O) groups is 3. The van der Waals surface area contributed by atoms with Crippen LogP contribution in [-0.2, 0) is 11.3 Å². The quantitative estimate of drug-likeness (QED) is 0.458. The number of piperazine rings is 1. The molecule has 3 amide bonds. The SMILES string of the molecule is CCNC(=O)Nc1cc(CN2CCN(c3ccc(C(=O)NC)nc3C)CC2)ncn1.O=CO. The van der Waals surface area contributed by atoms with Gasteiger partial charge in [0.2, 0.25) is 0 Å². The molecule has 1 aliphatic rings. The smallest absolute Gasteiger partial charge is 0.320 e. The van der Waals surface area contributed by atoms with Gasteiger partial charge in [0.05, 0.1) is 17.1 Å². The minimum Gasteiger partial charge on any atom is -0.483 e. The number of amides is 3. The van der Waals surface area contributed by atoms with E-state index >= 15 is 0 Å². The predicted molar refractivity (Wildman–Crippen MR) is 123 cm³/mol. The fourth-order valence-electron chi connectivity index (χ4n) is 3.39. The standard InChI is InChI=1S/C20H28N8O2.CH2O2/c1-4-22-20(30)26-18-11-15(23-13-24-18)12-27-7-9-28(10-8-27)17-6-5-16(19(29)21-3)25-14(17)2;2-1-3/h5-6,11,13H,4,7-10,12H2,1-3H3,(H,21,29)(H2,22,23,24,26,30);1H,(H,2,3). The highest BCUT2D eigenvalue weighted by Crippen LogP contribution is 2.21. The zero-order valence-electron chi connectivity index (χ0n) is 19.0. The van der Waals surface area contributed by atoms with Crippen LogP contribution in [0.2, 0.25) is 0 Å². The molecule has 4 N–H and O–H groups in total. The summed E-state index contributed by atoms with van der Waals surface area (Å²) in [5.41, 5.74) is 3.19. The van der Waals surface area contributed by atoms with Crippen LogP contribution < -0.4 is 20.9 Å². The van der Waals surface area contributed by atoms with Gasteiger partial charge in [-0.2, -0.15) is 0 Å². The maximum absolute atomic E-state index is 11.8. The minimum atomic E-state index is -0.276. The van der Waals surface area contributed by atoms with Gasteiger partial charge in [0.25, 0.3) is 12.4 Å². The third-order valence-electron chi connectivity index (χ3n) is 4.92. The Morgan fingerprint density at radius 2 is 1.88 bits per heavy atom. The summed E-state index contributed by atoms with van der Waals surface area (Å²) in [4.78, 5) is 49.2. The molecule has 1 fully saturated rings.